The molecule has 0 aromatic heterocycles. The van der Waals surface area contributed by atoms with Crippen LogP contribution in [0.1, 0.15) is 23.7 Å². The van der Waals surface area contributed by atoms with Crippen LogP contribution in [-0.2, 0) is 11.0 Å². The third kappa shape index (κ3) is 6.45. The van der Waals surface area contributed by atoms with E-state index in [1.807, 2.05) is 18.2 Å². The van der Waals surface area contributed by atoms with Gasteiger partial charge in [-0.2, -0.15) is 13.2 Å². The maximum Gasteiger partial charge on any atom is 0.417 e. The highest BCUT2D eigenvalue weighted by Gasteiger charge is 2.33. The quantitative estimate of drug-likeness (QED) is 0.684. The second-order valence-electron chi connectivity index (χ2n) is 6.08. The van der Waals surface area contributed by atoms with Gasteiger partial charge in [-0.25, -0.2) is 0 Å². The maximum atomic E-state index is 13.1. The monoisotopic (exact) mass is 401 g/mol. The van der Waals surface area contributed by atoms with E-state index in [9.17, 15) is 18.0 Å². The van der Waals surface area contributed by atoms with Crippen LogP contribution in [0.2, 0.25) is 5.02 Å². The highest BCUT2D eigenvalue weighted by atomic mass is 35.5. The van der Waals surface area contributed by atoms with Crippen molar-refractivity contribution < 1.29 is 27.8 Å². The van der Waals surface area contributed by atoms with Gasteiger partial charge in [-0.05, 0) is 30.8 Å². The molecule has 2 aromatic rings. The predicted molar refractivity (Wildman–Crippen MR) is 96.0 cm³/mol. The SMILES string of the molecule is CN(CCC(Oc1ccc(Cl)c(C(F)(F)F)c1)c1ccccc1)CC(=O)O. The molecule has 27 heavy (non-hydrogen) atoms. The van der Waals surface area contributed by atoms with E-state index in [1.54, 1.807) is 24.1 Å². The topological polar surface area (TPSA) is 49.8 Å². The first-order valence-electron chi connectivity index (χ1n) is 8.15. The Bertz CT molecular complexity index is 769. The number of likely N-dealkylation sites (N-methyl/N-ethyl adjacent to an activating group) is 1. The van der Waals surface area contributed by atoms with Crippen molar-refractivity contribution in [2.24, 2.45) is 0 Å². The summed E-state index contributed by atoms with van der Waals surface area (Å²) < 4.78 is 45.0. The lowest BCUT2D eigenvalue weighted by Gasteiger charge is -2.23. The van der Waals surface area contributed by atoms with Crippen molar-refractivity contribution in [1.29, 1.82) is 0 Å². The number of nitrogens with zero attached hydrogens (tertiary/aromatic N) is 1. The molecular weight excluding hydrogens is 383 g/mol. The molecule has 0 saturated carbocycles. The highest BCUT2D eigenvalue weighted by molar-refractivity contribution is 6.31. The standard InChI is InChI=1S/C19H19ClF3NO3/c1-24(12-18(25)26)10-9-17(13-5-3-2-4-6-13)27-14-7-8-16(20)15(11-14)19(21,22)23/h2-8,11,17H,9-10,12H2,1H3,(H,25,26). The van der Waals surface area contributed by atoms with Crippen molar-refractivity contribution in [3.05, 3.63) is 64.7 Å². The fourth-order valence-electron chi connectivity index (χ4n) is 2.57. The van der Waals surface area contributed by atoms with Gasteiger partial charge in [0.05, 0.1) is 17.1 Å². The lowest BCUT2D eigenvalue weighted by Crippen LogP contribution is -2.28. The molecule has 2 aromatic carbocycles. The van der Waals surface area contributed by atoms with E-state index in [2.05, 4.69) is 0 Å². The first-order valence-corrected chi connectivity index (χ1v) is 8.53. The van der Waals surface area contributed by atoms with E-state index in [0.717, 1.165) is 17.7 Å². The Balaban J connectivity index is 2.21. The van der Waals surface area contributed by atoms with Crippen LogP contribution in [0.25, 0.3) is 0 Å². The van der Waals surface area contributed by atoms with Crippen LogP contribution in [0.15, 0.2) is 48.5 Å². The molecule has 0 heterocycles. The van der Waals surface area contributed by atoms with Crippen LogP contribution >= 0.6 is 11.6 Å². The van der Waals surface area contributed by atoms with Gasteiger partial charge in [-0.3, -0.25) is 9.69 Å². The molecule has 0 radical (unpaired) electrons. The van der Waals surface area contributed by atoms with Crippen molar-refractivity contribution in [3.63, 3.8) is 0 Å². The fourth-order valence-corrected chi connectivity index (χ4v) is 2.79. The van der Waals surface area contributed by atoms with Gasteiger partial charge in [0.2, 0.25) is 0 Å². The Kier molecular flexibility index (Phi) is 7.10. The lowest BCUT2D eigenvalue weighted by molar-refractivity contribution is -0.138. The molecule has 0 aliphatic carbocycles. The van der Waals surface area contributed by atoms with E-state index < -0.39 is 28.8 Å². The summed E-state index contributed by atoms with van der Waals surface area (Å²) >= 11 is 5.65. The van der Waals surface area contributed by atoms with Crippen LogP contribution in [0.4, 0.5) is 13.2 Å². The molecule has 8 heteroatoms. The number of aliphatic carboxylic acids is 1. The minimum atomic E-state index is -4.58. The summed E-state index contributed by atoms with van der Waals surface area (Å²) in [5.74, 6) is -0.913. The van der Waals surface area contributed by atoms with Gasteiger partial charge in [0.1, 0.15) is 11.9 Å². The van der Waals surface area contributed by atoms with Gasteiger partial charge in [0.15, 0.2) is 0 Å². The number of carbonyl (C=O) groups is 1. The average molecular weight is 402 g/mol. The molecule has 2 rings (SSSR count). The van der Waals surface area contributed by atoms with E-state index in [4.69, 9.17) is 21.4 Å². The van der Waals surface area contributed by atoms with Crippen LogP contribution in [0, 0.1) is 0 Å². The molecule has 0 saturated heterocycles. The molecule has 0 amide bonds. The molecule has 0 aliphatic heterocycles. The highest BCUT2D eigenvalue weighted by Crippen LogP contribution is 2.37. The Morgan fingerprint density at radius 2 is 1.89 bits per heavy atom. The van der Waals surface area contributed by atoms with Gasteiger partial charge in [0.25, 0.3) is 0 Å². The summed E-state index contributed by atoms with van der Waals surface area (Å²) in [4.78, 5) is 12.4. The molecule has 1 N–H and O–H groups in total. The summed E-state index contributed by atoms with van der Waals surface area (Å²) in [7, 11) is 1.65. The summed E-state index contributed by atoms with van der Waals surface area (Å²) in [6.45, 7) is 0.256. The zero-order chi connectivity index (χ0) is 20.0. The average Bonchev–Trinajstić information content (AvgIpc) is 2.59. The Morgan fingerprint density at radius 3 is 2.48 bits per heavy atom. The van der Waals surface area contributed by atoms with E-state index in [0.29, 0.717) is 13.0 Å². The summed E-state index contributed by atoms with van der Waals surface area (Å²) in [6.07, 6.45) is -4.72. The number of halogens is 4. The van der Waals surface area contributed by atoms with Crippen molar-refractivity contribution in [1.82, 2.24) is 4.90 Å². The smallest absolute Gasteiger partial charge is 0.417 e. The number of benzene rings is 2. The fraction of sp³-hybridized carbons (Fsp3) is 0.316. The first kappa shape index (κ1) is 21.1. The number of carboxylic acids is 1. The number of alkyl halides is 3. The van der Waals surface area contributed by atoms with Crippen LogP contribution in [0.5, 0.6) is 5.75 Å². The number of carboxylic acid groups (broad SMARTS) is 1. The van der Waals surface area contributed by atoms with Gasteiger partial charge < -0.3 is 9.84 Å². The van der Waals surface area contributed by atoms with Crippen LogP contribution in [0.3, 0.4) is 0 Å². The molecule has 0 bridgehead atoms. The zero-order valence-corrected chi connectivity index (χ0v) is 15.3. The Labute approximate surface area is 160 Å². The van der Waals surface area contributed by atoms with E-state index >= 15 is 0 Å². The molecule has 4 nitrogen and oxygen atoms in total. The second kappa shape index (κ2) is 9.10. The zero-order valence-electron chi connectivity index (χ0n) is 14.5. The normalized spacial score (nSPS) is 12.8. The molecule has 0 spiro atoms. The molecular formula is C19H19ClF3NO3. The number of rotatable bonds is 8. The van der Waals surface area contributed by atoms with Crippen molar-refractivity contribution in [2.75, 3.05) is 20.1 Å². The third-order valence-corrected chi connectivity index (χ3v) is 4.20. The van der Waals surface area contributed by atoms with Gasteiger partial charge >= 0.3 is 12.1 Å². The van der Waals surface area contributed by atoms with Gasteiger partial charge in [-0.15, -0.1) is 0 Å². The minimum absolute atomic E-state index is 0.0430. The molecule has 1 atom stereocenters. The summed E-state index contributed by atoms with van der Waals surface area (Å²) in [5.41, 5.74) is -0.179. The molecule has 0 fully saturated rings. The van der Waals surface area contributed by atoms with Gasteiger partial charge in [0, 0.05) is 13.0 Å². The van der Waals surface area contributed by atoms with E-state index in [1.165, 1.54) is 6.07 Å². The third-order valence-electron chi connectivity index (χ3n) is 3.87. The minimum Gasteiger partial charge on any atom is -0.486 e. The number of hydrogen-bond donors (Lipinski definition) is 1. The maximum absolute atomic E-state index is 13.1. The molecule has 146 valence electrons. The Hall–Kier alpha value is -2.25. The van der Waals surface area contributed by atoms with Crippen molar-refractivity contribution in [3.8, 4) is 5.75 Å². The lowest BCUT2D eigenvalue weighted by atomic mass is 10.1. The van der Waals surface area contributed by atoms with Crippen LogP contribution in [-0.4, -0.2) is 36.1 Å². The largest absolute Gasteiger partial charge is 0.486 e. The summed E-state index contributed by atoms with van der Waals surface area (Å²) in [5, 5.41) is 8.45. The molecule has 0 aliphatic rings. The number of ether oxygens (including phenoxy) is 1. The summed E-state index contributed by atoms with van der Waals surface area (Å²) in [6, 6.07) is 12.4. The molecule has 1 unspecified atom stereocenters. The van der Waals surface area contributed by atoms with E-state index in [-0.39, 0.29) is 12.3 Å². The van der Waals surface area contributed by atoms with Crippen molar-refractivity contribution >= 4 is 17.6 Å². The van der Waals surface area contributed by atoms with Crippen molar-refractivity contribution in [2.45, 2.75) is 18.7 Å². The van der Waals surface area contributed by atoms with Crippen LogP contribution < -0.4 is 4.74 Å². The second-order valence-corrected chi connectivity index (χ2v) is 6.48. The number of hydrogen-bond acceptors (Lipinski definition) is 3. The Morgan fingerprint density at radius 1 is 1.22 bits per heavy atom. The first-order chi connectivity index (χ1) is 12.7. The van der Waals surface area contributed by atoms with Gasteiger partial charge in [-0.1, -0.05) is 41.9 Å². The predicted octanol–water partition coefficient (Wildman–Crippen LogP) is 4.89.